The third-order valence-electron chi connectivity index (χ3n) is 8.08. The summed E-state index contributed by atoms with van der Waals surface area (Å²) < 4.78 is 0. The number of aliphatic hydroxyl groups excluding tert-OH is 1. The predicted molar refractivity (Wildman–Crippen MR) is 139 cm³/mol. The number of nitrogens with zero attached hydrogens (tertiary/aromatic N) is 3. The highest BCUT2D eigenvalue weighted by atomic mass is 16.3. The standard InChI is InChI=1S/C25H30N10O4/c26-23-31-19-16(10-28-22(39)15-8-9-18(36)34-33-15)30-24(27)35-11-17(20(37)25(19,35)32-23)29-21(38)14-7-3-5-12-4-1-2-6-13(12)14/h3,5,7-9,16-17,19-20,37H,1-2,4,6,10-11H2,(H2,27,30)(H,28,39)(H,29,38)(H,34,36)(H3,26,31,32)/p+1/t16-,17?,19-,20+,25?/m0/s1. The maximum Gasteiger partial charge on any atom is 0.343 e. The van der Waals surface area contributed by atoms with Crippen LogP contribution in [0.25, 0.3) is 0 Å². The number of amides is 2. The molecule has 5 atom stereocenters. The van der Waals surface area contributed by atoms with E-state index in [1.807, 2.05) is 12.1 Å². The van der Waals surface area contributed by atoms with Gasteiger partial charge in [-0.05, 0) is 48.9 Å². The Labute approximate surface area is 223 Å². The van der Waals surface area contributed by atoms with Crippen molar-refractivity contribution in [3.8, 4) is 0 Å². The molecule has 3 aliphatic heterocycles. The first-order valence-electron chi connectivity index (χ1n) is 13.0. The number of nitrogens with two attached hydrogens (primary N) is 2. The molecule has 1 saturated heterocycles. The lowest BCUT2D eigenvalue weighted by Crippen LogP contribution is -2.88. The topological polar surface area (TPSA) is 218 Å². The van der Waals surface area contributed by atoms with Gasteiger partial charge in [-0.3, -0.25) is 25.1 Å². The first-order valence-corrected chi connectivity index (χ1v) is 13.0. The van der Waals surface area contributed by atoms with E-state index in [-0.39, 0.29) is 36.6 Å². The lowest BCUT2D eigenvalue weighted by Gasteiger charge is -2.43. The number of aromatic nitrogens is 2. The van der Waals surface area contributed by atoms with E-state index in [2.05, 4.69) is 42.2 Å². The van der Waals surface area contributed by atoms with E-state index < -0.39 is 41.4 Å². The second-order valence-corrected chi connectivity index (χ2v) is 10.3. The minimum Gasteiger partial charge on any atom is -0.385 e. The van der Waals surface area contributed by atoms with Gasteiger partial charge in [-0.1, -0.05) is 12.1 Å². The van der Waals surface area contributed by atoms with Crippen molar-refractivity contribution in [2.75, 3.05) is 13.1 Å². The predicted octanol–water partition coefficient (Wildman–Crippen LogP) is -4.39. The van der Waals surface area contributed by atoms with Crippen LogP contribution in [0.15, 0.2) is 40.1 Å². The Hall–Kier alpha value is -4.46. The van der Waals surface area contributed by atoms with E-state index in [9.17, 15) is 19.5 Å². The molecular weight excluding hydrogens is 504 g/mol. The SMILES string of the molecule is NC1=N[C@@H](CNC(=O)c2ccc(=O)[nH]n2)[C@@H]2[NH+]=C(N)NC23[C@H](O)C(NC(=O)c2cccc4c2CCCC4)CN13. The van der Waals surface area contributed by atoms with Crippen LogP contribution in [0.3, 0.4) is 0 Å². The summed E-state index contributed by atoms with van der Waals surface area (Å²) in [6.07, 6.45) is 2.83. The third kappa shape index (κ3) is 4.07. The van der Waals surface area contributed by atoms with Crippen molar-refractivity contribution in [1.29, 1.82) is 0 Å². The Morgan fingerprint density at radius 3 is 2.79 bits per heavy atom. The molecule has 6 rings (SSSR count). The maximum atomic E-state index is 13.4. The molecule has 1 fully saturated rings. The Morgan fingerprint density at radius 2 is 2.00 bits per heavy atom. The quantitative estimate of drug-likeness (QED) is 0.185. The van der Waals surface area contributed by atoms with Crippen LogP contribution < -0.4 is 38.0 Å². The van der Waals surface area contributed by atoms with Crippen LogP contribution in [-0.2, 0) is 12.8 Å². The van der Waals surface area contributed by atoms with Crippen LogP contribution in [-0.4, -0.2) is 86.9 Å². The molecule has 1 spiro atoms. The summed E-state index contributed by atoms with van der Waals surface area (Å²) in [4.78, 5) is 46.7. The van der Waals surface area contributed by atoms with E-state index in [4.69, 9.17) is 11.5 Å². The van der Waals surface area contributed by atoms with Crippen LogP contribution in [0.5, 0.6) is 0 Å². The molecule has 2 amide bonds. The molecule has 4 heterocycles. The van der Waals surface area contributed by atoms with Gasteiger partial charge in [-0.2, -0.15) is 5.10 Å². The first-order chi connectivity index (χ1) is 18.8. The fraction of sp³-hybridized carbons (Fsp3) is 0.440. The summed E-state index contributed by atoms with van der Waals surface area (Å²) in [5.41, 5.74) is 13.8. The fourth-order valence-corrected chi connectivity index (χ4v) is 6.29. The average Bonchev–Trinajstić information content (AvgIpc) is 3.43. The Balaban J connectivity index is 1.22. The number of hydrogen-bond donors (Lipinski definition) is 8. The molecule has 0 saturated carbocycles. The molecule has 1 aromatic heterocycles. The number of hydrogen-bond acceptors (Lipinski definition) is 10. The number of nitrogens with one attached hydrogen (secondary N) is 5. The highest BCUT2D eigenvalue weighted by Gasteiger charge is 2.68. The van der Waals surface area contributed by atoms with Crippen LogP contribution in [0.4, 0.5) is 0 Å². The molecule has 0 radical (unpaired) electrons. The molecule has 1 aromatic carbocycles. The smallest absolute Gasteiger partial charge is 0.343 e. The number of aliphatic hydroxyl groups is 1. The van der Waals surface area contributed by atoms with Gasteiger partial charge in [0.1, 0.15) is 17.8 Å². The number of carbonyl (C=O) groups is 2. The highest BCUT2D eigenvalue weighted by Crippen LogP contribution is 2.35. The monoisotopic (exact) mass is 535 g/mol. The summed E-state index contributed by atoms with van der Waals surface area (Å²) >= 11 is 0. The summed E-state index contributed by atoms with van der Waals surface area (Å²) in [7, 11) is 0. The lowest BCUT2D eigenvalue weighted by molar-refractivity contribution is -0.513. The van der Waals surface area contributed by atoms with E-state index in [1.165, 1.54) is 17.7 Å². The van der Waals surface area contributed by atoms with E-state index in [0.29, 0.717) is 5.56 Å². The van der Waals surface area contributed by atoms with Crippen molar-refractivity contribution in [1.82, 2.24) is 31.0 Å². The Bertz CT molecular complexity index is 1430. The fourth-order valence-electron chi connectivity index (χ4n) is 6.29. The first kappa shape index (κ1) is 24.9. The van der Waals surface area contributed by atoms with Crippen LogP contribution >= 0.6 is 0 Å². The van der Waals surface area contributed by atoms with Gasteiger partial charge in [-0.25, -0.2) is 15.4 Å². The van der Waals surface area contributed by atoms with Crippen molar-refractivity contribution in [3.63, 3.8) is 0 Å². The van der Waals surface area contributed by atoms with Gasteiger partial charge in [-0.15, -0.1) is 0 Å². The van der Waals surface area contributed by atoms with Crippen molar-refractivity contribution < 1.29 is 19.7 Å². The molecule has 14 heteroatoms. The molecule has 2 aromatic rings. The highest BCUT2D eigenvalue weighted by molar-refractivity contribution is 5.96. The number of benzene rings is 1. The van der Waals surface area contributed by atoms with Gasteiger partial charge in [0.2, 0.25) is 5.66 Å². The van der Waals surface area contributed by atoms with E-state index >= 15 is 0 Å². The molecule has 39 heavy (non-hydrogen) atoms. The number of H-pyrrole nitrogens is 1. The van der Waals surface area contributed by atoms with Crippen molar-refractivity contribution in [2.45, 2.75) is 55.6 Å². The molecule has 2 unspecified atom stereocenters. The summed E-state index contributed by atoms with van der Waals surface area (Å²) in [5.74, 6) is -0.398. The van der Waals surface area contributed by atoms with Gasteiger partial charge in [0, 0.05) is 24.7 Å². The normalized spacial score (nSPS) is 28.8. The minimum absolute atomic E-state index is 0.0362. The molecule has 14 nitrogen and oxygen atoms in total. The van der Waals surface area contributed by atoms with E-state index in [1.54, 1.807) is 4.90 Å². The largest absolute Gasteiger partial charge is 0.385 e. The van der Waals surface area contributed by atoms with Gasteiger partial charge in [0.25, 0.3) is 17.4 Å². The van der Waals surface area contributed by atoms with Crippen LogP contribution in [0.1, 0.15) is 44.8 Å². The molecular formula is C25H31N10O4+. The number of fused-ring (bicyclic) bond motifs is 1. The van der Waals surface area contributed by atoms with Crippen molar-refractivity contribution in [2.24, 2.45) is 16.5 Å². The Morgan fingerprint density at radius 1 is 1.18 bits per heavy atom. The minimum atomic E-state index is -1.20. The molecule has 204 valence electrons. The average molecular weight is 536 g/mol. The zero-order valence-corrected chi connectivity index (χ0v) is 21.1. The van der Waals surface area contributed by atoms with E-state index in [0.717, 1.165) is 31.2 Å². The van der Waals surface area contributed by atoms with Gasteiger partial charge < -0.3 is 26.4 Å². The van der Waals surface area contributed by atoms with Crippen LogP contribution in [0, 0.1) is 0 Å². The molecule has 10 N–H and O–H groups in total. The number of aliphatic imine (C=N–C) groups is 1. The summed E-state index contributed by atoms with van der Waals surface area (Å²) in [5, 5.41) is 26.5. The molecule has 4 aliphatic rings. The number of aryl methyl sites for hydroxylation is 1. The van der Waals surface area contributed by atoms with Gasteiger partial charge in [0.15, 0.2) is 12.0 Å². The number of rotatable bonds is 5. The maximum absolute atomic E-state index is 13.4. The number of aromatic amines is 1. The van der Waals surface area contributed by atoms with Crippen molar-refractivity contribution >= 4 is 23.7 Å². The summed E-state index contributed by atoms with van der Waals surface area (Å²) in [6.45, 7) is 0.249. The Kier molecular flexibility index (Phi) is 5.98. The molecule has 1 aliphatic carbocycles. The third-order valence-corrected chi connectivity index (χ3v) is 8.08. The number of carbonyl (C=O) groups excluding carboxylic acids is 2. The van der Waals surface area contributed by atoms with Gasteiger partial charge in [0.05, 0.1) is 6.04 Å². The second-order valence-electron chi connectivity index (χ2n) is 10.3. The van der Waals surface area contributed by atoms with Crippen molar-refractivity contribution in [3.05, 3.63) is 63.1 Å². The summed E-state index contributed by atoms with van der Waals surface area (Å²) in [6, 6.07) is 6.42. The lowest BCUT2D eigenvalue weighted by atomic mass is 9.87. The van der Waals surface area contributed by atoms with Crippen LogP contribution in [0.2, 0.25) is 0 Å². The second kappa shape index (κ2) is 9.38. The zero-order chi connectivity index (χ0) is 27.3. The number of guanidine groups is 2. The zero-order valence-electron chi connectivity index (χ0n) is 21.1. The molecule has 0 bridgehead atoms. The van der Waals surface area contributed by atoms with Gasteiger partial charge >= 0.3 is 5.96 Å².